The molecule has 1 saturated heterocycles. The molecule has 0 aliphatic carbocycles. The first-order chi connectivity index (χ1) is 17.5. The van der Waals surface area contributed by atoms with E-state index in [4.69, 9.17) is 4.74 Å². The molecule has 0 atom stereocenters. The highest BCUT2D eigenvalue weighted by molar-refractivity contribution is 5.73. The van der Waals surface area contributed by atoms with E-state index in [0.29, 0.717) is 18.9 Å². The first kappa shape index (κ1) is 26.2. The molecule has 10 nitrogen and oxygen atoms in total. The molecule has 0 spiro atoms. The van der Waals surface area contributed by atoms with Crippen molar-refractivity contribution in [3.8, 4) is 0 Å². The van der Waals surface area contributed by atoms with Gasteiger partial charge in [0.15, 0.2) is 0 Å². The zero-order valence-corrected chi connectivity index (χ0v) is 21.7. The van der Waals surface area contributed by atoms with E-state index < -0.39 is 22.8 Å². The van der Waals surface area contributed by atoms with E-state index in [-0.39, 0.29) is 19.0 Å². The van der Waals surface area contributed by atoms with Crippen LogP contribution in [0.15, 0.2) is 52.1 Å². The monoisotopic (exact) mass is 507 g/mol. The number of aryl methyl sites for hydroxylation is 2. The van der Waals surface area contributed by atoms with Crippen LogP contribution in [0.25, 0.3) is 0 Å². The molecule has 0 amide bonds. The first-order valence-corrected chi connectivity index (χ1v) is 12.3. The van der Waals surface area contributed by atoms with Crippen molar-refractivity contribution in [3.63, 3.8) is 0 Å². The summed E-state index contributed by atoms with van der Waals surface area (Å²) in [6, 6.07) is 13.5. The SMILES string of the molecule is Cc1ccc(Cn2c(Nc3ccc(N4CCOCC4)c(C)c3)nc(=O)n(CC(C)(C)C(=O)O)c2=O)cc1. The van der Waals surface area contributed by atoms with Gasteiger partial charge in [0.25, 0.3) is 0 Å². The van der Waals surface area contributed by atoms with Gasteiger partial charge in [-0.25, -0.2) is 14.2 Å². The van der Waals surface area contributed by atoms with Crippen LogP contribution in [0.3, 0.4) is 0 Å². The summed E-state index contributed by atoms with van der Waals surface area (Å²) in [6.45, 7) is 9.78. The zero-order valence-electron chi connectivity index (χ0n) is 21.7. The molecule has 4 rings (SSSR count). The minimum atomic E-state index is -1.33. The van der Waals surface area contributed by atoms with Gasteiger partial charge in [-0.15, -0.1) is 0 Å². The maximum absolute atomic E-state index is 13.5. The molecule has 0 unspecified atom stereocenters. The molecule has 37 heavy (non-hydrogen) atoms. The molecule has 0 radical (unpaired) electrons. The predicted octanol–water partition coefficient (Wildman–Crippen LogP) is 2.76. The number of aliphatic carboxylic acids is 1. The third kappa shape index (κ3) is 5.91. The molecule has 196 valence electrons. The summed E-state index contributed by atoms with van der Waals surface area (Å²) >= 11 is 0. The second kappa shape index (κ2) is 10.6. The summed E-state index contributed by atoms with van der Waals surface area (Å²) in [6.07, 6.45) is 0. The van der Waals surface area contributed by atoms with E-state index in [2.05, 4.69) is 15.2 Å². The quantitative estimate of drug-likeness (QED) is 0.478. The lowest BCUT2D eigenvalue weighted by atomic mass is 9.94. The number of benzene rings is 2. The summed E-state index contributed by atoms with van der Waals surface area (Å²) < 4.78 is 7.71. The Kier molecular flexibility index (Phi) is 7.49. The molecule has 3 aromatic rings. The van der Waals surface area contributed by atoms with E-state index in [1.165, 1.54) is 18.4 Å². The van der Waals surface area contributed by atoms with Crippen LogP contribution in [0.1, 0.15) is 30.5 Å². The number of hydrogen-bond acceptors (Lipinski definition) is 7. The number of nitrogens with zero attached hydrogens (tertiary/aromatic N) is 4. The number of carbonyl (C=O) groups is 1. The number of carboxylic acids is 1. The Balaban J connectivity index is 1.73. The standard InChI is InChI=1S/C27H33N5O5/c1-18-5-7-20(8-6-18)16-31-24(29-25(35)32(26(31)36)17-27(3,4)23(33)34)28-21-9-10-22(19(2)15-21)30-11-13-37-14-12-30/h5-10,15H,11-14,16-17H2,1-4H3,(H,33,34)(H,28,29,35). The van der Waals surface area contributed by atoms with Crippen LogP contribution in [-0.4, -0.2) is 51.5 Å². The van der Waals surface area contributed by atoms with E-state index >= 15 is 0 Å². The number of aromatic nitrogens is 3. The van der Waals surface area contributed by atoms with Gasteiger partial charge in [0.2, 0.25) is 5.95 Å². The van der Waals surface area contributed by atoms with Gasteiger partial charge in [-0.05, 0) is 57.0 Å². The highest BCUT2D eigenvalue weighted by atomic mass is 16.5. The fourth-order valence-corrected chi connectivity index (χ4v) is 4.26. The van der Waals surface area contributed by atoms with Crippen molar-refractivity contribution < 1.29 is 14.6 Å². The Hall–Kier alpha value is -3.92. The Morgan fingerprint density at radius 3 is 2.35 bits per heavy atom. The summed E-state index contributed by atoms with van der Waals surface area (Å²) in [5, 5.41) is 12.7. The maximum Gasteiger partial charge on any atom is 0.354 e. The second-order valence-corrected chi connectivity index (χ2v) is 10.1. The molecule has 2 heterocycles. The highest BCUT2D eigenvalue weighted by Gasteiger charge is 2.30. The number of carboxylic acid groups (broad SMARTS) is 1. The van der Waals surface area contributed by atoms with Crippen molar-refractivity contribution in [2.45, 2.75) is 40.8 Å². The van der Waals surface area contributed by atoms with Crippen LogP contribution in [0.5, 0.6) is 0 Å². The highest BCUT2D eigenvalue weighted by Crippen LogP contribution is 2.26. The molecule has 10 heteroatoms. The van der Waals surface area contributed by atoms with Crippen LogP contribution < -0.4 is 21.6 Å². The number of morpholine rings is 1. The van der Waals surface area contributed by atoms with E-state index in [9.17, 15) is 19.5 Å². The summed E-state index contributed by atoms with van der Waals surface area (Å²) in [7, 11) is 0. The van der Waals surface area contributed by atoms with Crippen LogP contribution in [0, 0.1) is 19.3 Å². The van der Waals surface area contributed by atoms with Gasteiger partial charge < -0.3 is 20.1 Å². The van der Waals surface area contributed by atoms with Crippen molar-refractivity contribution in [2.75, 3.05) is 36.5 Å². The van der Waals surface area contributed by atoms with Gasteiger partial charge in [-0.3, -0.25) is 9.36 Å². The number of hydrogen-bond donors (Lipinski definition) is 2. The maximum atomic E-state index is 13.5. The van der Waals surface area contributed by atoms with Crippen molar-refractivity contribution in [3.05, 3.63) is 80.1 Å². The lowest BCUT2D eigenvalue weighted by Crippen LogP contribution is -2.46. The van der Waals surface area contributed by atoms with Crippen LogP contribution in [-0.2, 0) is 22.6 Å². The summed E-state index contributed by atoms with van der Waals surface area (Å²) in [5.41, 5.74) is 2.00. The zero-order chi connectivity index (χ0) is 26.7. The largest absolute Gasteiger partial charge is 0.481 e. The topological polar surface area (TPSA) is 119 Å². The predicted molar refractivity (Wildman–Crippen MR) is 142 cm³/mol. The smallest absolute Gasteiger partial charge is 0.354 e. The minimum Gasteiger partial charge on any atom is -0.481 e. The lowest BCUT2D eigenvalue weighted by molar-refractivity contribution is -0.147. The lowest BCUT2D eigenvalue weighted by Gasteiger charge is -2.30. The van der Waals surface area contributed by atoms with Crippen LogP contribution >= 0.6 is 0 Å². The molecule has 1 aliphatic heterocycles. The van der Waals surface area contributed by atoms with Gasteiger partial charge >= 0.3 is 17.3 Å². The number of rotatable bonds is 8. The number of ether oxygens (including phenoxy) is 1. The molecule has 2 N–H and O–H groups in total. The normalized spacial score (nSPS) is 14.0. The fourth-order valence-electron chi connectivity index (χ4n) is 4.26. The average molecular weight is 508 g/mol. The van der Waals surface area contributed by atoms with Crippen molar-refractivity contribution in [1.82, 2.24) is 14.1 Å². The molecule has 1 aliphatic rings. The van der Waals surface area contributed by atoms with Gasteiger partial charge in [0, 0.05) is 31.0 Å². The third-order valence-electron chi connectivity index (χ3n) is 6.55. The molecule has 0 bridgehead atoms. The minimum absolute atomic E-state index is 0.0958. The molecule has 2 aromatic carbocycles. The third-order valence-corrected chi connectivity index (χ3v) is 6.55. The van der Waals surface area contributed by atoms with Crippen LogP contribution in [0.4, 0.5) is 17.3 Å². The van der Waals surface area contributed by atoms with Crippen molar-refractivity contribution in [1.29, 1.82) is 0 Å². The van der Waals surface area contributed by atoms with E-state index in [1.807, 2.05) is 56.3 Å². The van der Waals surface area contributed by atoms with Crippen molar-refractivity contribution >= 4 is 23.3 Å². The Morgan fingerprint density at radius 1 is 1.05 bits per heavy atom. The van der Waals surface area contributed by atoms with Gasteiger partial charge in [-0.2, -0.15) is 4.98 Å². The Bertz CT molecular complexity index is 1400. The average Bonchev–Trinajstić information content (AvgIpc) is 2.86. The number of nitrogens with one attached hydrogen (secondary N) is 1. The van der Waals surface area contributed by atoms with Crippen LogP contribution in [0.2, 0.25) is 0 Å². The second-order valence-electron chi connectivity index (χ2n) is 10.1. The fraction of sp³-hybridized carbons (Fsp3) is 0.407. The Labute approximate surface area is 215 Å². The summed E-state index contributed by atoms with van der Waals surface area (Å²) in [5.74, 6) is -1.01. The Morgan fingerprint density at radius 2 is 1.73 bits per heavy atom. The van der Waals surface area contributed by atoms with Gasteiger partial charge in [0.05, 0.1) is 25.2 Å². The van der Waals surface area contributed by atoms with Crippen molar-refractivity contribution in [2.24, 2.45) is 5.41 Å². The molecule has 0 saturated carbocycles. The molecule has 1 fully saturated rings. The molecular weight excluding hydrogens is 474 g/mol. The first-order valence-electron chi connectivity index (χ1n) is 12.3. The van der Waals surface area contributed by atoms with E-state index in [0.717, 1.165) is 40.0 Å². The molecule has 1 aromatic heterocycles. The van der Waals surface area contributed by atoms with Gasteiger partial charge in [-0.1, -0.05) is 29.8 Å². The van der Waals surface area contributed by atoms with Gasteiger partial charge in [0.1, 0.15) is 0 Å². The molecular formula is C27H33N5O5. The number of anilines is 3. The van der Waals surface area contributed by atoms with E-state index in [1.54, 1.807) is 0 Å². The summed E-state index contributed by atoms with van der Waals surface area (Å²) in [4.78, 5) is 44.6.